The molecule has 0 aromatic heterocycles. The number of likely N-dealkylation sites (tertiary alicyclic amines) is 1. The number of nitrogens with one attached hydrogen (secondary N) is 2. The molecule has 0 spiro atoms. The number of nitrogens with zero attached hydrogens (tertiary/aromatic N) is 2. The third-order valence-corrected chi connectivity index (χ3v) is 4.87. The van der Waals surface area contributed by atoms with Crippen molar-refractivity contribution in [2.24, 2.45) is 4.99 Å². The first-order valence-electron chi connectivity index (χ1n) is 9.38. The Kier molecular flexibility index (Phi) is 7.51. The Hall–Kier alpha value is -1.81. The highest BCUT2D eigenvalue weighted by molar-refractivity contribution is 5.80. The molecule has 1 fully saturated rings. The molecule has 4 heteroatoms. The molecule has 1 aromatic carbocycles. The van der Waals surface area contributed by atoms with Crippen molar-refractivity contribution in [3.8, 4) is 0 Å². The fourth-order valence-electron chi connectivity index (χ4n) is 3.27. The van der Waals surface area contributed by atoms with Crippen LogP contribution in [-0.2, 0) is 0 Å². The average molecular weight is 343 g/mol. The van der Waals surface area contributed by atoms with Gasteiger partial charge in [0.05, 0.1) is 0 Å². The summed E-state index contributed by atoms with van der Waals surface area (Å²) < 4.78 is 0. The molecule has 1 aromatic rings. The molecule has 2 rings (SSSR count). The van der Waals surface area contributed by atoms with Crippen molar-refractivity contribution >= 4 is 5.96 Å². The predicted octanol–water partition coefficient (Wildman–Crippen LogP) is 3.30. The van der Waals surface area contributed by atoms with Gasteiger partial charge >= 0.3 is 0 Å². The number of piperidine rings is 1. The maximum Gasteiger partial charge on any atom is 0.191 e. The fraction of sp³-hybridized carbons (Fsp3) is 0.571. The van der Waals surface area contributed by atoms with Crippen LogP contribution in [0.2, 0.25) is 0 Å². The van der Waals surface area contributed by atoms with Crippen LogP contribution in [-0.4, -0.2) is 50.1 Å². The molecule has 1 atom stereocenters. The summed E-state index contributed by atoms with van der Waals surface area (Å²) in [6.07, 6.45) is 2.31. The standard InChI is InChI=1S/C21H34N4/c1-16(2)15-25-12-10-20(11-13-25)24-21(22-5)23-14-18(4)19-8-6-17(3)7-9-19/h6-9,18,20H,1,10-15H2,2-5H3,(H2,22,23,24). The lowest BCUT2D eigenvalue weighted by atomic mass is 10.00. The van der Waals surface area contributed by atoms with E-state index in [4.69, 9.17) is 0 Å². The van der Waals surface area contributed by atoms with Crippen LogP contribution in [0.4, 0.5) is 0 Å². The molecule has 0 amide bonds. The molecular formula is C21H34N4. The number of hydrogen-bond acceptors (Lipinski definition) is 2. The SMILES string of the molecule is C=C(C)CN1CCC(NC(=NC)NCC(C)c2ccc(C)cc2)CC1. The minimum Gasteiger partial charge on any atom is -0.356 e. The van der Waals surface area contributed by atoms with E-state index in [-0.39, 0.29) is 0 Å². The zero-order chi connectivity index (χ0) is 18.2. The van der Waals surface area contributed by atoms with E-state index in [1.165, 1.54) is 16.7 Å². The Labute approximate surface area is 153 Å². The van der Waals surface area contributed by atoms with Crippen LogP contribution in [0.15, 0.2) is 41.4 Å². The van der Waals surface area contributed by atoms with Gasteiger partial charge in [-0.1, -0.05) is 48.9 Å². The minimum atomic E-state index is 0.455. The summed E-state index contributed by atoms with van der Waals surface area (Å²) in [4.78, 5) is 6.88. The smallest absolute Gasteiger partial charge is 0.191 e. The zero-order valence-electron chi connectivity index (χ0n) is 16.3. The van der Waals surface area contributed by atoms with Gasteiger partial charge in [0.15, 0.2) is 5.96 Å². The Bertz CT molecular complexity index is 568. The number of benzene rings is 1. The van der Waals surface area contributed by atoms with Gasteiger partial charge < -0.3 is 10.6 Å². The molecule has 1 aliphatic rings. The van der Waals surface area contributed by atoms with Crippen LogP contribution < -0.4 is 10.6 Å². The molecule has 1 heterocycles. The van der Waals surface area contributed by atoms with E-state index in [2.05, 4.69) is 72.1 Å². The number of aliphatic imine (C=N–C) groups is 1. The van der Waals surface area contributed by atoms with Crippen molar-refractivity contribution in [1.82, 2.24) is 15.5 Å². The summed E-state index contributed by atoms with van der Waals surface area (Å²) >= 11 is 0. The second-order valence-electron chi connectivity index (χ2n) is 7.42. The van der Waals surface area contributed by atoms with Crippen molar-refractivity contribution < 1.29 is 0 Å². The summed E-state index contributed by atoms with van der Waals surface area (Å²) in [7, 11) is 1.85. The van der Waals surface area contributed by atoms with Crippen LogP contribution in [0, 0.1) is 6.92 Å². The highest BCUT2D eigenvalue weighted by Crippen LogP contribution is 2.15. The van der Waals surface area contributed by atoms with E-state index in [1.807, 2.05) is 7.05 Å². The molecule has 0 bridgehead atoms. The van der Waals surface area contributed by atoms with Crippen molar-refractivity contribution in [2.75, 3.05) is 33.2 Å². The first-order chi connectivity index (χ1) is 12.0. The normalized spacial score (nSPS) is 18.0. The van der Waals surface area contributed by atoms with E-state index in [0.717, 1.165) is 45.0 Å². The molecule has 0 saturated carbocycles. The molecule has 138 valence electrons. The Balaban J connectivity index is 1.75. The molecule has 25 heavy (non-hydrogen) atoms. The van der Waals surface area contributed by atoms with Crippen molar-refractivity contribution in [2.45, 2.75) is 45.6 Å². The highest BCUT2D eigenvalue weighted by atomic mass is 15.2. The Morgan fingerprint density at radius 1 is 1.28 bits per heavy atom. The van der Waals surface area contributed by atoms with Gasteiger partial charge in [-0.05, 0) is 38.2 Å². The summed E-state index contributed by atoms with van der Waals surface area (Å²) in [5.41, 5.74) is 3.91. The maximum atomic E-state index is 4.40. The third kappa shape index (κ3) is 6.54. The van der Waals surface area contributed by atoms with Gasteiger partial charge in [-0.25, -0.2) is 0 Å². The minimum absolute atomic E-state index is 0.455. The number of guanidine groups is 1. The number of rotatable bonds is 6. The topological polar surface area (TPSA) is 39.7 Å². The van der Waals surface area contributed by atoms with Crippen LogP contribution in [0.1, 0.15) is 43.7 Å². The van der Waals surface area contributed by atoms with Crippen molar-refractivity contribution in [1.29, 1.82) is 0 Å². The monoisotopic (exact) mass is 342 g/mol. The van der Waals surface area contributed by atoms with E-state index < -0.39 is 0 Å². The average Bonchev–Trinajstić information content (AvgIpc) is 2.60. The number of hydrogen-bond donors (Lipinski definition) is 2. The summed E-state index contributed by atoms with van der Waals surface area (Å²) in [6, 6.07) is 9.29. The van der Waals surface area contributed by atoms with Gasteiger partial charge in [0.2, 0.25) is 0 Å². The maximum absolute atomic E-state index is 4.40. The molecule has 0 aliphatic carbocycles. The van der Waals surface area contributed by atoms with Crippen LogP contribution in [0.3, 0.4) is 0 Å². The third-order valence-electron chi connectivity index (χ3n) is 4.87. The van der Waals surface area contributed by atoms with Gasteiger partial charge in [0.25, 0.3) is 0 Å². The predicted molar refractivity (Wildman–Crippen MR) is 108 cm³/mol. The molecule has 2 N–H and O–H groups in total. The van der Waals surface area contributed by atoms with E-state index >= 15 is 0 Å². The molecular weight excluding hydrogens is 308 g/mol. The van der Waals surface area contributed by atoms with Gasteiger partial charge in [-0.15, -0.1) is 0 Å². The largest absolute Gasteiger partial charge is 0.356 e. The molecule has 1 saturated heterocycles. The fourth-order valence-corrected chi connectivity index (χ4v) is 3.27. The Morgan fingerprint density at radius 2 is 1.92 bits per heavy atom. The van der Waals surface area contributed by atoms with Crippen LogP contribution in [0.25, 0.3) is 0 Å². The van der Waals surface area contributed by atoms with Crippen molar-refractivity contribution in [3.63, 3.8) is 0 Å². The summed E-state index contributed by atoms with van der Waals surface area (Å²) in [6.45, 7) is 14.7. The first-order valence-corrected chi connectivity index (χ1v) is 9.38. The summed E-state index contributed by atoms with van der Waals surface area (Å²) in [5.74, 6) is 1.37. The van der Waals surface area contributed by atoms with E-state index in [1.54, 1.807) is 0 Å². The van der Waals surface area contributed by atoms with Gasteiger partial charge in [-0.2, -0.15) is 0 Å². The second-order valence-corrected chi connectivity index (χ2v) is 7.42. The lowest BCUT2D eigenvalue weighted by Gasteiger charge is -2.33. The molecule has 0 radical (unpaired) electrons. The van der Waals surface area contributed by atoms with Crippen LogP contribution in [0.5, 0.6) is 0 Å². The molecule has 4 nitrogen and oxygen atoms in total. The Morgan fingerprint density at radius 3 is 2.48 bits per heavy atom. The quantitative estimate of drug-likeness (QED) is 0.473. The molecule has 1 unspecified atom stereocenters. The number of aryl methyl sites for hydroxylation is 1. The summed E-state index contributed by atoms with van der Waals surface area (Å²) in [5, 5.41) is 7.07. The first kappa shape index (κ1) is 19.5. The van der Waals surface area contributed by atoms with E-state index in [0.29, 0.717) is 12.0 Å². The van der Waals surface area contributed by atoms with E-state index in [9.17, 15) is 0 Å². The highest BCUT2D eigenvalue weighted by Gasteiger charge is 2.19. The molecule has 1 aliphatic heterocycles. The zero-order valence-corrected chi connectivity index (χ0v) is 16.3. The van der Waals surface area contributed by atoms with Crippen LogP contribution >= 0.6 is 0 Å². The van der Waals surface area contributed by atoms with Gasteiger partial charge in [0, 0.05) is 39.3 Å². The van der Waals surface area contributed by atoms with Crippen molar-refractivity contribution in [3.05, 3.63) is 47.5 Å². The second kappa shape index (κ2) is 9.62. The lowest BCUT2D eigenvalue weighted by Crippen LogP contribution is -2.49. The van der Waals surface area contributed by atoms with Gasteiger partial charge in [0.1, 0.15) is 0 Å². The lowest BCUT2D eigenvalue weighted by molar-refractivity contribution is 0.221. The van der Waals surface area contributed by atoms with Gasteiger partial charge in [-0.3, -0.25) is 9.89 Å².